The quantitative estimate of drug-likeness (QED) is 0.896. The number of nitrogens with zero attached hydrogens (tertiary/aromatic N) is 1. The van der Waals surface area contributed by atoms with Crippen molar-refractivity contribution < 1.29 is 9.53 Å². The van der Waals surface area contributed by atoms with Gasteiger partial charge in [-0.05, 0) is 44.0 Å². The summed E-state index contributed by atoms with van der Waals surface area (Å²) in [5.41, 5.74) is 1.09. The largest absolute Gasteiger partial charge is 0.497 e. The molecule has 1 fully saturated rings. The lowest BCUT2D eigenvalue weighted by molar-refractivity contribution is -0.123. The SMILES string of the molecule is COc1ccc(CNC(=O)CN2CCCC[C@H]2C)cc1. The Hall–Kier alpha value is -1.55. The maximum atomic E-state index is 12.0. The minimum atomic E-state index is 0.106. The summed E-state index contributed by atoms with van der Waals surface area (Å²) in [7, 11) is 1.65. The molecule has 1 N–H and O–H groups in total. The fraction of sp³-hybridized carbons (Fsp3) is 0.562. The van der Waals surface area contributed by atoms with Crippen molar-refractivity contribution in [3.05, 3.63) is 29.8 Å². The molecule has 0 spiro atoms. The number of benzene rings is 1. The van der Waals surface area contributed by atoms with Gasteiger partial charge >= 0.3 is 0 Å². The van der Waals surface area contributed by atoms with Crippen LogP contribution in [0.15, 0.2) is 24.3 Å². The van der Waals surface area contributed by atoms with Crippen molar-refractivity contribution in [1.82, 2.24) is 10.2 Å². The Bertz CT molecular complexity index is 431. The maximum Gasteiger partial charge on any atom is 0.234 e. The number of likely N-dealkylation sites (tertiary alicyclic amines) is 1. The van der Waals surface area contributed by atoms with Crippen LogP contribution in [0.5, 0.6) is 5.75 Å². The van der Waals surface area contributed by atoms with E-state index in [-0.39, 0.29) is 5.91 Å². The number of hydrogen-bond donors (Lipinski definition) is 1. The molecule has 1 aromatic rings. The average Bonchev–Trinajstić information content (AvgIpc) is 2.48. The van der Waals surface area contributed by atoms with Crippen LogP contribution in [0.25, 0.3) is 0 Å². The topological polar surface area (TPSA) is 41.6 Å². The van der Waals surface area contributed by atoms with E-state index in [9.17, 15) is 4.79 Å². The molecule has 1 aromatic carbocycles. The predicted octanol–water partition coefficient (Wildman–Crippen LogP) is 2.19. The van der Waals surface area contributed by atoms with E-state index in [4.69, 9.17) is 4.74 Å². The van der Waals surface area contributed by atoms with Gasteiger partial charge in [0, 0.05) is 12.6 Å². The van der Waals surface area contributed by atoms with Crippen molar-refractivity contribution in [2.24, 2.45) is 0 Å². The van der Waals surface area contributed by atoms with E-state index < -0.39 is 0 Å². The smallest absolute Gasteiger partial charge is 0.234 e. The molecule has 2 rings (SSSR count). The van der Waals surface area contributed by atoms with Crippen LogP contribution in [-0.4, -0.2) is 37.0 Å². The first-order chi connectivity index (χ1) is 9.69. The van der Waals surface area contributed by atoms with E-state index >= 15 is 0 Å². The lowest BCUT2D eigenvalue weighted by Gasteiger charge is -2.32. The van der Waals surface area contributed by atoms with Crippen molar-refractivity contribution in [3.8, 4) is 5.75 Å². The van der Waals surface area contributed by atoms with E-state index in [0.29, 0.717) is 19.1 Å². The minimum Gasteiger partial charge on any atom is -0.497 e. The Labute approximate surface area is 121 Å². The van der Waals surface area contributed by atoms with Crippen LogP contribution in [0.2, 0.25) is 0 Å². The third kappa shape index (κ3) is 4.23. The molecule has 0 bridgehead atoms. The molecule has 1 saturated heterocycles. The Balaban J connectivity index is 1.76. The normalized spacial score (nSPS) is 19.6. The number of carbonyl (C=O) groups excluding carboxylic acids is 1. The van der Waals surface area contributed by atoms with Gasteiger partial charge in [-0.15, -0.1) is 0 Å². The minimum absolute atomic E-state index is 0.106. The second-order valence-corrected chi connectivity index (χ2v) is 5.44. The molecule has 0 aliphatic carbocycles. The van der Waals surface area contributed by atoms with Gasteiger partial charge in [-0.25, -0.2) is 0 Å². The van der Waals surface area contributed by atoms with Crippen LogP contribution in [0.4, 0.5) is 0 Å². The summed E-state index contributed by atoms with van der Waals surface area (Å²) in [6, 6.07) is 8.30. The molecule has 1 atom stereocenters. The molecule has 1 aliphatic heterocycles. The molecule has 0 radical (unpaired) electrons. The first kappa shape index (κ1) is 14.9. The highest BCUT2D eigenvalue weighted by molar-refractivity contribution is 5.78. The lowest BCUT2D eigenvalue weighted by Crippen LogP contribution is -2.44. The third-order valence-corrected chi connectivity index (χ3v) is 3.94. The third-order valence-electron chi connectivity index (χ3n) is 3.94. The van der Waals surface area contributed by atoms with E-state index in [1.165, 1.54) is 19.3 Å². The first-order valence-corrected chi connectivity index (χ1v) is 7.32. The van der Waals surface area contributed by atoms with Crippen molar-refractivity contribution in [2.75, 3.05) is 20.2 Å². The van der Waals surface area contributed by atoms with Crippen LogP contribution < -0.4 is 10.1 Å². The van der Waals surface area contributed by atoms with Gasteiger partial charge < -0.3 is 10.1 Å². The maximum absolute atomic E-state index is 12.0. The molecule has 1 amide bonds. The number of nitrogens with one attached hydrogen (secondary N) is 1. The molecule has 1 aliphatic rings. The van der Waals surface area contributed by atoms with Gasteiger partial charge in [0.1, 0.15) is 5.75 Å². The second-order valence-electron chi connectivity index (χ2n) is 5.44. The van der Waals surface area contributed by atoms with Crippen LogP contribution in [0.3, 0.4) is 0 Å². The van der Waals surface area contributed by atoms with Gasteiger partial charge in [0.25, 0.3) is 0 Å². The number of ether oxygens (including phenoxy) is 1. The van der Waals surface area contributed by atoms with Crippen LogP contribution in [-0.2, 0) is 11.3 Å². The van der Waals surface area contributed by atoms with Crippen molar-refractivity contribution in [2.45, 2.75) is 38.8 Å². The summed E-state index contributed by atoms with van der Waals surface area (Å²) in [6.45, 7) is 4.33. The zero-order chi connectivity index (χ0) is 14.4. The standard InChI is InChI=1S/C16H24N2O2/c1-13-5-3-4-10-18(13)12-16(19)17-11-14-6-8-15(20-2)9-7-14/h6-9,13H,3-5,10-12H2,1-2H3,(H,17,19)/t13-/m1/s1. The molecular weight excluding hydrogens is 252 g/mol. The summed E-state index contributed by atoms with van der Waals surface area (Å²) < 4.78 is 5.11. The van der Waals surface area contributed by atoms with Crippen molar-refractivity contribution in [1.29, 1.82) is 0 Å². The monoisotopic (exact) mass is 276 g/mol. The number of carbonyl (C=O) groups is 1. The first-order valence-electron chi connectivity index (χ1n) is 7.32. The van der Waals surface area contributed by atoms with E-state index in [1.54, 1.807) is 7.11 Å². The number of hydrogen-bond acceptors (Lipinski definition) is 3. The number of methoxy groups -OCH3 is 1. The highest BCUT2D eigenvalue weighted by Gasteiger charge is 2.20. The summed E-state index contributed by atoms with van der Waals surface area (Å²) in [5, 5.41) is 2.98. The molecule has 20 heavy (non-hydrogen) atoms. The molecule has 0 unspecified atom stereocenters. The Morgan fingerprint density at radius 2 is 2.10 bits per heavy atom. The van der Waals surface area contributed by atoms with Gasteiger partial charge in [0.15, 0.2) is 0 Å². The van der Waals surface area contributed by atoms with Gasteiger partial charge in [0.05, 0.1) is 13.7 Å². The number of amides is 1. The summed E-state index contributed by atoms with van der Waals surface area (Å²) in [4.78, 5) is 14.2. The van der Waals surface area contributed by atoms with Gasteiger partial charge in [-0.3, -0.25) is 9.69 Å². The average molecular weight is 276 g/mol. The fourth-order valence-corrected chi connectivity index (χ4v) is 2.58. The Kier molecular flexibility index (Phi) is 5.41. The zero-order valence-corrected chi connectivity index (χ0v) is 12.4. The molecule has 0 aromatic heterocycles. The number of piperidine rings is 1. The second kappa shape index (κ2) is 7.29. The molecule has 4 heteroatoms. The van der Waals surface area contributed by atoms with E-state index in [0.717, 1.165) is 17.9 Å². The molecule has 1 heterocycles. The molecule has 0 saturated carbocycles. The summed E-state index contributed by atoms with van der Waals surface area (Å²) in [5.74, 6) is 0.941. The lowest BCUT2D eigenvalue weighted by atomic mass is 10.0. The zero-order valence-electron chi connectivity index (χ0n) is 12.4. The van der Waals surface area contributed by atoms with Crippen LogP contribution in [0, 0.1) is 0 Å². The van der Waals surface area contributed by atoms with Gasteiger partial charge in [-0.2, -0.15) is 0 Å². The Morgan fingerprint density at radius 1 is 1.35 bits per heavy atom. The fourth-order valence-electron chi connectivity index (χ4n) is 2.58. The van der Waals surface area contributed by atoms with Crippen LogP contribution >= 0.6 is 0 Å². The molecule has 4 nitrogen and oxygen atoms in total. The predicted molar refractivity (Wildman–Crippen MR) is 79.7 cm³/mol. The highest BCUT2D eigenvalue weighted by atomic mass is 16.5. The van der Waals surface area contributed by atoms with Gasteiger partial charge in [0.2, 0.25) is 5.91 Å². The Morgan fingerprint density at radius 3 is 2.75 bits per heavy atom. The summed E-state index contributed by atoms with van der Waals surface area (Å²) >= 11 is 0. The summed E-state index contributed by atoms with van der Waals surface area (Å²) in [6.07, 6.45) is 3.69. The van der Waals surface area contributed by atoms with Gasteiger partial charge in [-0.1, -0.05) is 18.6 Å². The molecule has 110 valence electrons. The highest BCUT2D eigenvalue weighted by Crippen LogP contribution is 2.15. The van der Waals surface area contributed by atoms with Crippen molar-refractivity contribution in [3.63, 3.8) is 0 Å². The van der Waals surface area contributed by atoms with E-state index in [2.05, 4.69) is 17.1 Å². The van der Waals surface area contributed by atoms with E-state index in [1.807, 2.05) is 24.3 Å². The molecular formula is C16H24N2O2. The van der Waals surface area contributed by atoms with Crippen molar-refractivity contribution >= 4 is 5.91 Å². The number of rotatable bonds is 5. The van der Waals surface area contributed by atoms with Crippen LogP contribution in [0.1, 0.15) is 31.7 Å².